The first-order valence-electron chi connectivity index (χ1n) is 3.48. The standard InChI is InChI=1S/C7H7N3OS2/c8-13(9,11)6-4-12-5-2-1-3-10-7(5)6/h1-4H,(H3,8,9,11). The summed E-state index contributed by atoms with van der Waals surface area (Å²) in [5, 5.41) is 6.86. The van der Waals surface area contributed by atoms with Gasteiger partial charge in [0.05, 0.1) is 15.1 Å². The normalized spacial score (nSPS) is 15.8. The van der Waals surface area contributed by atoms with Crippen LogP contribution in [0.3, 0.4) is 0 Å². The third kappa shape index (κ3) is 1.43. The van der Waals surface area contributed by atoms with E-state index in [-0.39, 0.29) is 0 Å². The van der Waals surface area contributed by atoms with Gasteiger partial charge in [0.15, 0.2) is 0 Å². The predicted molar refractivity (Wildman–Crippen MR) is 52.9 cm³/mol. The summed E-state index contributed by atoms with van der Waals surface area (Å²) in [4.78, 5) is 4.37. The molecule has 0 saturated heterocycles. The number of aromatic nitrogens is 1. The molecule has 1 atom stereocenters. The Morgan fingerprint density at radius 2 is 2.38 bits per heavy atom. The zero-order chi connectivity index (χ0) is 9.47. The number of fused-ring (bicyclic) bond motifs is 1. The molecule has 13 heavy (non-hydrogen) atoms. The minimum Gasteiger partial charge on any atom is -0.254 e. The second-order valence-electron chi connectivity index (χ2n) is 2.55. The quantitative estimate of drug-likeness (QED) is 0.754. The molecule has 2 aromatic rings. The van der Waals surface area contributed by atoms with Crippen LogP contribution in [0.1, 0.15) is 0 Å². The maximum absolute atomic E-state index is 11.3. The van der Waals surface area contributed by atoms with Crippen molar-refractivity contribution in [1.29, 1.82) is 4.78 Å². The minimum absolute atomic E-state index is 0.327. The van der Waals surface area contributed by atoms with E-state index in [0.29, 0.717) is 10.4 Å². The van der Waals surface area contributed by atoms with E-state index in [1.54, 1.807) is 17.6 Å². The summed E-state index contributed by atoms with van der Waals surface area (Å²) in [6, 6.07) is 3.66. The zero-order valence-corrected chi connectivity index (χ0v) is 8.19. The fourth-order valence-corrected chi connectivity index (χ4v) is 3.07. The number of hydrogen-bond acceptors (Lipinski definition) is 4. The molecule has 0 saturated carbocycles. The first kappa shape index (κ1) is 8.61. The fraction of sp³-hybridized carbons (Fsp3) is 0. The lowest BCUT2D eigenvalue weighted by Crippen LogP contribution is -2.09. The Morgan fingerprint density at radius 3 is 3.08 bits per heavy atom. The number of pyridine rings is 1. The highest BCUT2D eigenvalue weighted by molar-refractivity contribution is 7.90. The van der Waals surface area contributed by atoms with Gasteiger partial charge in [0, 0.05) is 11.6 Å². The van der Waals surface area contributed by atoms with Crippen molar-refractivity contribution in [2.24, 2.45) is 5.14 Å². The van der Waals surface area contributed by atoms with Crippen LogP contribution in [0.25, 0.3) is 10.2 Å². The van der Waals surface area contributed by atoms with Gasteiger partial charge in [-0.15, -0.1) is 11.3 Å². The molecular weight excluding hydrogens is 206 g/mol. The van der Waals surface area contributed by atoms with Crippen LogP contribution in [-0.4, -0.2) is 9.19 Å². The van der Waals surface area contributed by atoms with Crippen molar-refractivity contribution >= 4 is 31.5 Å². The van der Waals surface area contributed by atoms with Crippen LogP contribution < -0.4 is 5.14 Å². The lowest BCUT2D eigenvalue weighted by molar-refractivity contribution is 0.677. The van der Waals surface area contributed by atoms with Crippen LogP contribution in [0, 0.1) is 4.78 Å². The highest BCUT2D eigenvalue weighted by atomic mass is 32.2. The molecule has 0 aliphatic rings. The number of nitrogens with one attached hydrogen (secondary N) is 1. The third-order valence-corrected chi connectivity index (χ3v) is 3.67. The predicted octanol–water partition coefficient (Wildman–Crippen LogP) is 1.58. The maximum atomic E-state index is 11.3. The molecule has 4 nitrogen and oxygen atoms in total. The van der Waals surface area contributed by atoms with Crippen molar-refractivity contribution in [3.63, 3.8) is 0 Å². The molecular formula is C7H7N3OS2. The molecule has 0 amide bonds. The Kier molecular flexibility index (Phi) is 1.83. The van der Waals surface area contributed by atoms with E-state index in [0.717, 1.165) is 4.70 Å². The van der Waals surface area contributed by atoms with Gasteiger partial charge in [-0.2, -0.15) is 0 Å². The average molecular weight is 213 g/mol. The second-order valence-corrected chi connectivity index (χ2v) is 5.10. The lowest BCUT2D eigenvalue weighted by Gasteiger charge is -1.96. The molecule has 0 aliphatic carbocycles. The number of nitrogens with zero attached hydrogens (tertiary/aromatic N) is 1. The number of thiophene rings is 1. The monoisotopic (exact) mass is 213 g/mol. The highest BCUT2D eigenvalue weighted by Crippen LogP contribution is 2.26. The molecule has 0 bridgehead atoms. The van der Waals surface area contributed by atoms with Crippen LogP contribution in [-0.2, 0) is 9.92 Å². The summed E-state index contributed by atoms with van der Waals surface area (Å²) in [6.45, 7) is 0. The summed E-state index contributed by atoms with van der Waals surface area (Å²) >= 11 is 1.40. The van der Waals surface area contributed by atoms with E-state index in [9.17, 15) is 4.21 Å². The molecule has 0 spiro atoms. The topological polar surface area (TPSA) is 79.8 Å². The van der Waals surface area contributed by atoms with Gasteiger partial charge >= 0.3 is 0 Å². The minimum atomic E-state index is -3.14. The van der Waals surface area contributed by atoms with Gasteiger partial charge in [0.1, 0.15) is 9.92 Å². The zero-order valence-electron chi connectivity index (χ0n) is 6.56. The van der Waals surface area contributed by atoms with Gasteiger partial charge in [-0.1, -0.05) is 0 Å². The van der Waals surface area contributed by atoms with Gasteiger partial charge in [-0.3, -0.25) is 4.98 Å². The molecule has 2 rings (SSSR count). The lowest BCUT2D eigenvalue weighted by atomic mass is 10.4. The summed E-state index contributed by atoms with van der Waals surface area (Å²) in [5.41, 5.74) is 0.579. The number of nitrogens with two attached hydrogens (primary N) is 1. The Labute approximate surface area is 79.5 Å². The maximum Gasteiger partial charge on any atom is 0.135 e. The number of hydrogen-bond donors (Lipinski definition) is 2. The molecule has 2 heterocycles. The molecule has 3 N–H and O–H groups in total. The van der Waals surface area contributed by atoms with E-state index in [4.69, 9.17) is 9.92 Å². The van der Waals surface area contributed by atoms with Crippen molar-refractivity contribution in [2.45, 2.75) is 4.90 Å². The molecule has 0 fully saturated rings. The Morgan fingerprint density at radius 1 is 1.62 bits per heavy atom. The first-order valence-corrected chi connectivity index (χ1v) is 5.98. The van der Waals surface area contributed by atoms with Gasteiger partial charge in [0.2, 0.25) is 0 Å². The molecule has 0 radical (unpaired) electrons. The van der Waals surface area contributed by atoms with Gasteiger partial charge in [-0.25, -0.2) is 14.1 Å². The van der Waals surface area contributed by atoms with Crippen molar-refractivity contribution in [1.82, 2.24) is 4.98 Å². The van der Waals surface area contributed by atoms with E-state index < -0.39 is 9.92 Å². The first-order chi connectivity index (χ1) is 6.09. The number of rotatable bonds is 1. The average Bonchev–Trinajstić information content (AvgIpc) is 2.45. The molecule has 68 valence electrons. The second kappa shape index (κ2) is 2.76. The molecule has 0 aromatic carbocycles. The summed E-state index contributed by atoms with van der Waals surface area (Å²) in [7, 11) is -3.14. The largest absolute Gasteiger partial charge is 0.254 e. The van der Waals surface area contributed by atoms with Crippen LogP contribution in [0.4, 0.5) is 0 Å². The van der Waals surface area contributed by atoms with Gasteiger partial charge in [-0.05, 0) is 12.1 Å². The van der Waals surface area contributed by atoms with Crippen LogP contribution >= 0.6 is 11.3 Å². The summed E-state index contributed by atoms with van der Waals surface area (Å²) < 4.78 is 19.4. The van der Waals surface area contributed by atoms with Gasteiger partial charge < -0.3 is 0 Å². The molecule has 6 heteroatoms. The van der Waals surface area contributed by atoms with E-state index in [1.807, 2.05) is 6.07 Å². The van der Waals surface area contributed by atoms with Crippen molar-refractivity contribution in [2.75, 3.05) is 0 Å². The van der Waals surface area contributed by atoms with Crippen LogP contribution in [0.15, 0.2) is 28.6 Å². The molecule has 0 aliphatic heterocycles. The van der Waals surface area contributed by atoms with E-state index >= 15 is 0 Å². The van der Waals surface area contributed by atoms with Crippen LogP contribution in [0.5, 0.6) is 0 Å². The summed E-state index contributed by atoms with van der Waals surface area (Å²) in [6.07, 6.45) is 1.60. The third-order valence-electron chi connectivity index (χ3n) is 1.62. The van der Waals surface area contributed by atoms with Crippen molar-refractivity contribution in [3.8, 4) is 0 Å². The van der Waals surface area contributed by atoms with Crippen molar-refractivity contribution < 1.29 is 4.21 Å². The van der Waals surface area contributed by atoms with Crippen molar-refractivity contribution in [3.05, 3.63) is 23.7 Å². The van der Waals surface area contributed by atoms with E-state index in [1.165, 1.54) is 11.3 Å². The fourth-order valence-electron chi connectivity index (χ4n) is 1.06. The molecule has 2 aromatic heterocycles. The van der Waals surface area contributed by atoms with Gasteiger partial charge in [0.25, 0.3) is 0 Å². The Hall–Kier alpha value is -0.980. The highest BCUT2D eigenvalue weighted by Gasteiger charge is 2.11. The Balaban J connectivity index is 2.87. The Bertz CT molecular complexity index is 544. The smallest absolute Gasteiger partial charge is 0.135 e. The van der Waals surface area contributed by atoms with E-state index in [2.05, 4.69) is 4.98 Å². The summed E-state index contributed by atoms with van der Waals surface area (Å²) in [5.74, 6) is 0. The van der Waals surface area contributed by atoms with Crippen LogP contribution in [0.2, 0.25) is 0 Å². The molecule has 1 unspecified atom stereocenters. The SMILES string of the molecule is N=S(N)(=O)c1csc2cccnc12.